The molecule has 0 spiro atoms. The molecule has 0 saturated carbocycles. The maximum Gasteiger partial charge on any atom is 0.122 e. The Morgan fingerprint density at radius 3 is 2.76 bits per heavy atom. The van der Waals surface area contributed by atoms with Crippen LogP contribution in [-0.2, 0) is 4.74 Å². The van der Waals surface area contributed by atoms with Crippen molar-refractivity contribution in [1.29, 1.82) is 0 Å². The minimum absolute atomic E-state index is 0.0403. The standard InChI is InChI=1S/C14H17ClO2/c1-11-9-13(5-4-8-15)6-7-14(11)17-12(2)10-16-3/h6-7,9,12H,8,10H2,1-3H3. The molecule has 1 aromatic rings. The predicted molar refractivity (Wildman–Crippen MR) is 70.7 cm³/mol. The van der Waals surface area contributed by atoms with Crippen LogP contribution >= 0.6 is 11.6 Å². The molecule has 17 heavy (non-hydrogen) atoms. The SMILES string of the molecule is COCC(C)Oc1ccc(C#CCCl)cc1C. The third kappa shape index (κ3) is 4.68. The van der Waals surface area contributed by atoms with Gasteiger partial charge in [-0.3, -0.25) is 0 Å². The first-order chi connectivity index (χ1) is 8.17. The van der Waals surface area contributed by atoms with E-state index in [0.29, 0.717) is 12.5 Å². The van der Waals surface area contributed by atoms with E-state index in [2.05, 4.69) is 11.8 Å². The molecular weight excluding hydrogens is 236 g/mol. The van der Waals surface area contributed by atoms with Gasteiger partial charge in [0.05, 0.1) is 12.5 Å². The van der Waals surface area contributed by atoms with Crippen molar-refractivity contribution >= 4 is 11.6 Å². The summed E-state index contributed by atoms with van der Waals surface area (Å²) in [6, 6.07) is 5.86. The molecule has 0 fully saturated rings. The van der Waals surface area contributed by atoms with Crippen molar-refractivity contribution in [3.05, 3.63) is 29.3 Å². The topological polar surface area (TPSA) is 18.5 Å². The zero-order chi connectivity index (χ0) is 12.7. The van der Waals surface area contributed by atoms with E-state index in [1.165, 1.54) is 0 Å². The molecule has 0 aliphatic carbocycles. The Morgan fingerprint density at radius 1 is 1.41 bits per heavy atom. The Bertz CT molecular complexity index is 418. The van der Waals surface area contributed by atoms with Gasteiger partial charge in [0.1, 0.15) is 11.9 Å². The predicted octanol–water partition coefficient (Wildman–Crippen LogP) is 3.00. The van der Waals surface area contributed by atoms with Crippen LogP contribution < -0.4 is 4.74 Å². The maximum absolute atomic E-state index is 5.75. The van der Waals surface area contributed by atoms with Crippen molar-refractivity contribution in [2.45, 2.75) is 20.0 Å². The second kappa shape index (κ2) is 7.21. The highest BCUT2D eigenvalue weighted by atomic mass is 35.5. The number of hydrogen-bond donors (Lipinski definition) is 0. The zero-order valence-corrected chi connectivity index (χ0v) is 11.2. The molecule has 92 valence electrons. The van der Waals surface area contributed by atoms with Gasteiger partial charge < -0.3 is 9.47 Å². The monoisotopic (exact) mass is 252 g/mol. The van der Waals surface area contributed by atoms with Gasteiger partial charge in [-0.15, -0.1) is 11.6 Å². The Morgan fingerprint density at radius 2 is 2.18 bits per heavy atom. The van der Waals surface area contributed by atoms with Gasteiger partial charge in [-0.25, -0.2) is 0 Å². The van der Waals surface area contributed by atoms with Crippen molar-refractivity contribution in [2.75, 3.05) is 19.6 Å². The smallest absolute Gasteiger partial charge is 0.122 e. The average Bonchev–Trinajstić information content (AvgIpc) is 2.30. The minimum Gasteiger partial charge on any atom is -0.488 e. The molecule has 2 nitrogen and oxygen atoms in total. The van der Waals surface area contributed by atoms with Crippen molar-refractivity contribution in [3.8, 4) is 17.6 Å². The Kier molecular flexibility index (Phi) is 5.90. The van der Waals surface area contributed by atoms with Crippen LogP contribution in [0.3, 0.4) is 0 Å². The van der Waals surface area contributed by atoms with E-state index in [-0.39, 0.29) is 6.10 Å². The molecule has 1 unspecified atom stereocenters. The molecule has 0 N–H and O–H groups in total. The second-order valence-electron chi connectivity index (χ2n) is 3.80. The molecule has 0 bridgehead atoms. The van der Waals surface area contributed by atoms with Gasteiger partial charge in [-0.05, 0) is 37.6 Å². The highest BCUT2D eigenvalue weighted by molar-refractivity contribution is 6.19. The summed E-state index contributed by atoms with van der Waals surface area (Å²) >= 11 is 5.51. The van der Waals surface area contributed by atoms with Gasteiger partial charge in [-0.2, -0.15) is 0 Å². The van der Waals surface area contributed by atoms with Crippen molar-refractivity contribution in [1.82, 2.24) is 0 Å². The number of rotatable bonds is 4. The normalized spacial score (nSPS) is 11.5. The molecule has 1 rings (SSSR count). The summed E-state index contributed by atoms with van der Waals surface area (Å²) in [4.78, 5) is 0. The quantitative estimate of drug-likeness (QED) is 0.606. The summed E-state index contributed by atoms with van der Waals surface area (Å²) < 4.78 is 10.8. The lowest BCUT2D eigenvalue weighted by molar-refractivity contribution is 0.0916. The van der Waals surface area contributed by atoms with Gasteiger partial charge in [0.15, 0.2) is 0 Å². The van der Waals surface area contributed by atoms with E-state index in [1.54, 1.807) is 7.11 Å². The van der Waals surface area contributed by atoms with Gasteiger partial charge in [0.25, 0.3) is 0 Å². The lowest BCUT2D eigenvalue weighted by atomic mass is 10.1. The molecule has 0 aliphatic heterocycles. The molecule has 0 aromatic heterocycles. The fourth-order valence-electron chi connectivity index (χ4n) is 1.48. The third-order valence-corrected chi connectivity index (χ3v) is 2.34. The third-order valence-electron chi connectivity index (χ3n) is 2.20. The molecule has 0 aliphatic rings. The lowest BCUT2D eigenvalue weighted by Gasteiger charge is -2.15. The first-order valence-electron chi connectivity index (χ1n) is 5.48. The average molecular weight is 253 g/mol. The first kappa shape index (κ1) is 13.9. The molecule has 0 radical (unpaired) electrons. The summed E-state index contributed by atoms with van der Waals surface area (Å²) in [5.74, 6) is 7.02. The zero-order valence-electron chi connectivity index (χ0n) is 10.4. The fraction of sp³-hybridized carbons (Fsp3) is 0.429. The highest BCUT2D eigenvalue weighted by Gasteiger charge is 2.06. The van der Waals surface area contributed by atoms with E-state index in [0.717, 1.165) is 16.9 Å². The first-order valence-corrected chi connectivity index (χ1v) is 6.02. The summed E-state index contributed by atoms with van der Waals surface area (Å²) in [7, 11) is 1.66. The summed E-state index contributed by atoms with van der Waals surface area (Å²) in [5, 5.41) is 0. The van der Waals surface area contributed by atoms with Crippen molar-refractivity contribution < 1.29 is 9.47 Å². The Hall–Kier alpha value is -1.17. The largest absolute Gasteiger partial charge is 0.488 e. The van der Waals surface area contributed by atoms with Crippen LogP contribution in [0, 0.1) is 18.8 Å². The highest BCUT2D eigenvalue weighted by Crippen LogP contribution is 2.20. The van der Waals surface area contributed by atoms with E-state index in [9.17, 15) is 0 Å². The van der Waals surface area contributed by atoms with Gasteiger partial charge in [-0.1, -0.05) is 11.8 Å². The van der Waals surface area contributed by atoms with Crippen LogP contribution in [0.2, 0.25) is 0 Å². The number of benzene rings is 1. The number of aryl methyl sites for hydroxylation is 1. The van der Waals surface area contributed by atoms with Crippen LogP contribution in [0.5, 0.6) is 5.75 Å². The van der Waals surface area contributed by atoms with E-state index in [1.807, 2.05) is 32.0 Å². The molecule has 1 aromatic carbocycles. The summed E-state index contributed by atoms with van der Waals surface area (Å²) in [5.41, 5.74) is 2.02. The Balaban J connectivity index is 2.75. The Labute approximate surface area is 108 Å². The van der Waals surface area contributed by atoms with Crippen LogP contribution in [0.25, 0.3) is 0 Å². The van der Waals surface area contributed by atoms with Crippen LogP contribution in [0.4, 0.5) is 0 Å². The van der Waals surface area contributed by atoms with Gasteiger partial charge in [0, 0.05) is 12.7 Å². The fourth-order valence-corrected chi connectivity index (χ4v) is 1.55. The number of ether oxygens (including phenoxy) is 2. The minimum atomic E-state index is 0.0403. The van der Waals surface area contributed by atoms with Crippen LogP contribution in [0.1, 0.15) is 18.1 Å². The van der Waals surface area contributed by atoms with Crippen molar-refractivity contribution in [3.63, 3.8) is 0 Å². The lowest BCUT2D eigenvalue weighted by Crippen LogP contribution is -2.18. The number of alkyl halides is 1. The summed E-state index contributed by atoms with van der Waals surface area (Å²) in [6.45, 7) is 4.55. The molecule has 0 amide bonds. The van der Waals surface area contributed by atoms with Gasteiger partial charge in [0.2, 0.25) is 0 Å². The molecule has 3 heteroatoms. The molecule has 1 atom stereocenters. The van der Waals surface area contributed by atoms with E-state index >= 15 is 0 Å². The van der Waals surface area contributed by atoms with Crippen LogP contribution in [-0.4, -0.2) is 25.7 Å². The van der Waals surface area contributed by atoms with Crippen molar-refractivity contribution in [2.24, 2.45) is 0 Å². The molecule has 0 heterocycles. The van der Waals surface area contributed by atoms with E-state index < -0.39 is 0 Å². The summed E-state index contributed by atoms with van der Waals surface area (Å²) in [6.07, 6.45) is 0.0403. The molecule has 0 saturated heterocycles. The van der Waals surface area contributed by atoms with Crippen LogP contribution in [0.15, 0.2) is 18.2 Å². The van der Waals surface area contributed by atoms with E-state index in [4.69, 9.17) is 21.1 Å². The molecular formula is C14H17ClO2. The van der Waals surface area contributed by atoms with Gasteiger partial charge >= 0.3 is 0 Å². The second-order valence-corrected chi connectivity index (χ2v) is 4.07. The number of halogens is 1. The number of methoxy groups -OCH3 is 1. The maximum atomic E-state index is 5.75. The number of hydrogen-bond acceptors (Lipinski definition) is 2.